The molecule has 0 aliphatic carbocycles. The van der Waals surface area contributed by atoms with Gasteiger partial charge in [-0.15, -0.1) is 0 Å². The van der Waals surface area contributed by atoms with Crippen LogP contribution >= 0.6 is 0 Å². The molecule has 24 heavy (non-hydrogen) atoms. The number of benzene rings is 1. The zero-order valence-electron chi connectivity index (χ0n) is 14.9. The van der Waals surface area contributed by atoms with Gasteiger partial charge >= 0.3 is 0 Å². The summed E-state index contributed by atoms with van der Waals surface area (Å²) in [5.41, 5.74) is 3.70. The summed E-state index contributed by atoms with van der Waals surface area (Å²) in [5, 5.41) is 0. The second kappa shape index (κ2) is 9.51. The van der Waals surface area contributed by atoms with Gasteiger partial charge in [-0.1, -0.05) is 48.6 Å². The first-order valence-corrected chi connectivity index (χ1v) is 8.54. The molecule has 0 aliphatic rings. The molecule has 0 radical (unpaired) electrons. The van der Waals surface area contributed by atoms with Gasteiger partial charge in [0.25, 0.3) is 0 Å². The molecule has 1 aromatic carbocycles. The molecule has 0 bridgehead atoms. The van der Waals surface area contributed by atoms with Gasteiger partial charge in [0.05, 0.1) is 0 Å². The molecule has 1 heterocycles. The fourth-order valence-corrected chi connectivity index (χ4v) is 2.47. The van der Waals surface area contributed by atoms with Gasteiger partial charge in [0, 0.05) is 30.9 Å². The smallest absolute Gasteiger partial charge is 0.169 e. The Morgan fingerprint density at radius 3 is 1.75 bits per heavy atom. The van der Waals surface area contributed by atoms with Crippen molar-refractivity contribution in [2.45, 2.75) is 13.8 Å². The first-order chi connectivity index (χ1) is 11.7. The summed E-state index contributed by atoms with van der Waals surface area (Å²) in [5.74, 6) is 0. The van der Waals surface area contributed by atoms with Crippen molar-refractivity contribution in [1.29, 1.82) is 0 Å². The average Bonchev–Trinajstić information content (AvgIpc) is 2.62. The van der Waals surface area contributed by atoms with E-state index in [0.29, 0.717) is 0 Å². The molecule has 2 heteroatoms. The van der Waals surface area contributed by atoms with Crippen LogP contribution in [0.1, 0.15) is 25.0 Å². The quantitative estimate of drug-likeness (QED) is 0.533. The summed E-state index contributed by atoms with van der Waals surface area (Å²) in [6, 6.07) is 12.9. The molecule has 2 aromatic rings. The van der Waals surface area contributed by atoms with Crippen molar-refractivity contribution >= 4 is 17.8 Å². The van der Waals surface area contributed by atoms with Crippen molar-refractivity contribution in [2.75, 3.05) is 18.0 Å². The maximum Gasteiger partial charge on any atom is 0.169 e. The first-order valence-electron chi connectivity index (χ1n) is 8.54. The number of nitrogens with zero attached hydrogens (tertiary/aromatic N) is 2. The van der Waals surface area contributed by atoms with Gasteiger partial charge in [-0.25, -0.2) is 4.57 Å². The van der Waals surface area contributed by atoms with Crippen LogP contribution in [0.5, 0.6) is 0 Å². The van der Waals surface area contributed by atoms with E-state index in [1.54, 1.807) is 0 Å². The number of hydrogen-bond donors (Lipinski definition) is 0. The second-order valence-corrected chi connectivity index (χ2v) is 5.66. The Bertz CT molecular complexity index is 688. The number of allylic oxidation sites excluding steroid dienone is 4. The van der Waals surface area contributed by atoms with Gasteiger partial charge < -0.3 is 4.90 Å². The lowest BCUT2D eigenvalue weighted by molar-refractivity contribution is -0.671. The lowest BCUT2D eigenvalue weighted by atomic mass is 10.1. The second-order valence-electron chi connectivity index (χ2n) is 5.66. The molecule has 0 spiro atoms. The minimum Gasteiger partial charge on any atom is -0.372 e. The van der Waals surface area contributed by atoms with E-state index >= 15 is 0 Å². The molecule has 0 amide bonds. The lowest BCUT2D eigenvalue weighted by Gasteiger charge is -2.20. The summed E-state index contributed by atoms with van der Waals surface area (Å²) in [6.07, 6.45) is 16.6. The zero-order chi connectivity index (χ0) is 17.2. The Morgan fingerprint density at radius 1 is 0.750 bits per heavy atom. The van der Waals surface area contributed by atoms with Crippen molar-refractivity contribution in [1.82, 2.24) is 0 Å². The number of anilines is 1. The molecule has 0 N–H and O–H groups in total. The first kappa shape index (κ1) is 17.7. The maximum atomic E-state index is 2.35. The predicted octanol–water partition coefficient (Wildman–Crippen LogP) is 4.64. The van der Waals surface area contributed by atoms with E-state index in [0.717, 1.165) is 13.1 Å². The molecule has 0 atom stereocenters. The number of aryl methyl sites for hydroxylation is 1. The minimum atomic E-state index is 1.04. The van der Waals surface area contributed by atoms with Crippen LogP contribution < -0.4 is 9.47 Å². The van der Waals surface area contributed by atoms with Crippen LogP contribution in [-0.4, -0.2) is 13.1 Å². The fourth-order valence-electron chi connectivity index (χ4n) is 2.47. The zero-order valence-corrected chi connectivity index (χ0v) is 14.9. The highest BCUT2D eigenvalue weighted by Gasteiger charge is 1.99. The van der Waals surface area contributed by atoms with Gasteiger partial charge in [0.1, 0.15) is 7.05 Å². The van der Waals surface area contributed by atoms with Gasteiger partial charge in [0.15, 0.2) is 12.4 Å². The summed E-state index contributed by atoms with van der Waals surface area (Å²) in [6.45, 7) is 6.46. The van der Waals surface area contributed by atoms with Crippen molar-refractivity contribution in [2.24, 2.45) is 7.05 Å². The van der Waals surface area contributed by atoms with E-state index in [4.69, 9.17) is 0 Å². The highest BCUT2D eigenvalue weighted by Crippen LogP contribution is 2.15. The third kappa shape index (κ3) is 5.54. The summed E-state index contributed by atoms with van der Waals surface area (Å²) in [4.78, 5) is 2.35. The van der Waals surface area contributed by atoms with Gasteiger partial charge in [-0.05, 0) is 37.1 Å². The number of hydrogen-bond acceptors (Lipinski definition) is 1. The predicted molar refractivity (Wildman–Crippen MR) is 105 cm³/mol. The van der Waals surface area contributed by atoms with Crippen LogP contribution in [0.3, 0.4) is 0 Å². The number of aromatic nitrogens is 1. The van der Waals surface area contributed by atoms with Crippen molar-refractivity contribution in [3.63, 3.8) is 0 Å². The summed E-state index contributed by atoms with van der Waals surface area (Å²) >= 11 is 0. The van der Waals surface area contributed by atoms with Crippen molar-refractivity contribution in [3.05, 3.63) is 84.2 Å². The molecular weight excluding hydrogens is 292 g/mol. The number of pyridine rings is 1. The van der Waals surface area contributed by atoms with E-state index in [-0.39, 0.29) is 0 Å². The summed E-state index contributed by atoms with van der Waals surface area (Å²) in [7, 11) is 2.02. The Morgan fingerprint density at radius 2 is 1.25 bits per heavy atom. The van der Waals surface area contributed by atoms with Gasteiger partial charge in [-0.2, -0.15) is 0 Å². The fraction of sp³-hybridized carbons (Fsp3) is 0.227. The van der Waals surface area contributed by atoms with Crippen molar-refractivity contribution in [3.8, 4) is 0 Å². The van der Waals surface area contributed by atoms with E-state index < -0.39 is 0 Å². The van der Waals surface area contributed by atoms with Gasteiger partial charge in [0.2, 0.25) is 0 Å². The summed E-state index contributed by atoms with van der Waals surface area (Å²) < 4.78 is 2.03. The van der Waals surface area contributed by atoms with Crippen LogP contribution in [0, 0.1) is 0 Å². The molecule has 2 rings (SSSR count). The van der Waals surface area contributed by atoms with Crippen LogP contribution in [0.15, 0.2) is 73.1 Å². The van der Waals surface area contributed by atoms with Crippen LogP contribution in [-0.2, 0) is 7.05 Å². The molecule has 124 valence electrons. The molecule has 0 unspecified atom stereocenters. The van der Waals surface area contributed by atoms with Gasteiger partial charge in [-0.3, -0.25) is 0 Å². The topological polar surface area (TPSA) is 7.12 Å². The highest BCUT2D eigenvalue weighted by molar-refractivity contribution is 5.57. The Kier molecular flexibility index (Phi) is 7.03. The molecule has 1 aromatic heterocycles. The maximum absolute atomic E-state index is 2.35. The third-order valence-electron chi connectivity index (χ3n) is 3.94. The average molecular weight is 319 g/mol. The van der Waals surface area contributed by atoms with E-state index in [9.17, 15) is 0 Å². The molecule has 2 nitrogen and oxygen atoms in total. The molecule has 0 aliphatic heterocycles. The molecule has 0 fully saturated rings. The molecular formula is C22H27N2+. The largest absolute Gasteiger partial charge is 0.372 e. The SMILES string of the molecule is CCN(CC)c1ccc(/C=C/C=C/C=C/c2cc[n+](C)cc2)cc1. The third-order valence-corrected chi connectivity index (χ3v) is 3.94. The highest BCUT2D eigenvalue weighted by atomic mass is 15.1. The van der Waals surface area contributed by atoms with Crippen LogP contribution in [0.4, 0.5) is 5.69 Å². The van der Waals surface area contributed by atoms with E-state index in [1.807, 2.05) is 30.1 Å². The minimum absolute atomic E-state index is 1.04. The Balaban J connectivity index is 1.88. The lowest BCUT2D eigenvalue weighted by Crippen LogP contribution is -2.25. The van der Waals surface area contributed by atoms with E-state index in [2.05, 4.69) is 85.5 Å². The van der Waals surface area contributed by atoms with Crippen LogP contribution in [0.25, 0.3) is 12.2 Å². The molecule has 0 saturated carbocycles. The van der Waals surface area contributed by atoms with E-state index in [1.165, 1.54) is 16.8 Å². The Hall–Kier alpha value is -2.61. The van der Waals surface area contributed by atoms with Crippen LogP contribution in [0.2, 0.25) is 0 Å². The monoisotopic (exact) mass is 319 g/mol. The molecule has 0 saturated heterocycles. The standard InChI is InChI=1S/C22H27N2/c1-4-24(5-2)22-14-12-20(13-15-22)10-8-6-7-9-11-21-16-18-23(3)19-17-21/h6-19H,4-5H2,1-3H3/q+1. The van der Waals surface area contributed by atoms with Crippen molar-refractivity contribution < 1.29 is 4.57 Å². The normalized spacial score (nSPS) is 11.8. The Labute approximate surface area is 146 Å². The number of rotatable bonds is 7.